The van der Waals surface area contributed by atoms with E-state index in [1.807, 2.05) is 12.1 Å². The van der Waals surface area contributed by atoms with Gasteiger partial charge in [0.15, 0.2) is 23.0 Å². The van der Waals surface area contributed by atoms with Crippen LogP contribution in [-0.4, -0.2) is 93.5 Å². The second-order valence-corrected chi connectivity index (χ2v) is 25.5. The van der Waals surface area contributed by atoms with Gasteiger partial charge < -0.3 is 47.4 Å². The fourth-order valence-electron chi connectivity index (χ4n) is 9.63. The van der Waals surface area contributed by atoms with Crippen LogP contribution in [0.2, 0.25) is 0 Å². The standard InChI is InChI=1S/C58H92Br2O10S2/c1-11-19-23-41(15-5)29-63-33-57(34-64-30-42(16-6)24-20-12-2)37-67-49-51(69-39-57)55(59)71-53(49)45-27-48(62-10)46(28-47(45)61-9)54-50-52(56(60)72-54)70-40-58(38-68-50,35-65-31-43(17-7)25-21-13-3)36-66-32-44(18-8)26-22-14-4/h27-28,41-44H,11-26,29-40H2,1-10H3. The lowest BCUT2D eigenvalue weighted by molar-refractivity contribution is -0.0716. The van der Waals surface area contributed by atoms with E-state index in [1.54, 1.807) is 36.9 Å². The van der Waals surface area contributed by atoms with Crippen molar-refractivity contribution in [1.29, 1.82) is 0 Å². The van der Waals surface area contributed by atoms with Gasteiger partial charge in [0.25, 0.3) is 0 Å². The summed E-state index contributed by atoms with van der Waals surface area (Å²) in [7, 11) is 3.41. The predicted octanol–water partition coefficient (Wildman–Crippen LogP) is 17.1. The molecule has 0 amide bonds. The second kappa shape index (κ2) is 32.1. The Balaban J connectivity index is 1.42. The van der Waals surface area contributed by atoms with Crippen molar-refractivity contribution in [3.05, 3.63) is 19.7 Å². The summed E-state index contributed by atoms with van der Waals surface area (Å²) in [5.74, 6) is 6.11. The van der Waals surface area contributed by atoms with Crippen molar-refractivity contribution in [2.75, 3.05) is 93.5 Å². The Morgan fingerprint density at radius 3 is 0.986 bits per heavy atom. The quantitative estimate of drug-likeness (QED) is 0.0560. The summed E-state index contributed by atoms with van der Waals surface area (Å²) in [5, 5.41) is 0. The van der Waals surface area contributed by atoms with E-state index in [1.165, 1.54) is 77.0 Å². The first kappa shape index (κ1) is 61.1. The Hall–Kier alpha value is -1.78. The summed E-state index contributed by atoms with van der Waals surface area (Å²) in [5.41, 5.74) is 0.648. The molecule has 0 bridgehead atoms. The normalized spacial score (nSPS) is 19.4. The van der Waals surface area contributed by atoms with Crippen LogP contribution in [0.4, 0.5) is 0 Å². The minimum Gasteiger partial charge on any atom is -0.496 e. The van der Waals surface area contributed by atoms with Crippen LogP contribution in [0, 0.1) is 34.5 Å². The highest BCUT2D eigenvalue weighted by atomic mass is 79.9. The Kier molecular flexibility index (Phi) is 27.2. The molecule has 0 aliphatic carbocycles. The average molecular weight is 1170 g/mol. The number of unbranched alkanes of at least 4 members (excludes halogenated alkanes) is 4. The summed E-state index contributed by atoms with van der Waals surface area (Å²) in [4.78, 5) is 1.76. The third-order valence-electron chi connectivity index (χ3n) is 14.9. The molecule has 72 heavy (non-hydrogen) atoms. The van der Waals surface area contributed by atoms with Gasteiger partial charge >= 0.3 is 0 Å². The largest absolute Gasteiger partial charge is 0.496 e. The third-order valence-corrected chi connectivity index (χ3v) is 18.5. The molecular formula is C58H92Br2O10S2. The van der Waals surface area contributed by atoms with Crippen molar-refractivity contribution in [2.45, 2.75) is 158 Å². The van der Waals surface area contributed by atoms with Gasteiger partial charge in [-0.15, -0.1) is 22.7 Å². The smallest absolute Gasteiger partial charge is 0.187 e. The van der Waals surface area contributed by atoms with Gasteiger partial charge in [-0.3, -0.25) is 0 Å². The van der Waals surface area contributed by atoms with Crippen LogP contribution < -0.4 is 28.4 Å². The van der Waals surface area contributed by atoms with Crippen molar-refractivity contribution in [3.8, 4) is 55.4 Å². The highest BCUT2D eigenvalue weighted by Gasteiger charge is 2.41. The molecule has 4 unspecified atom stereocenters. The molecule has 410 valence electrons. The van der Waals surface area contributed by atoms with E-state index in [0.717, 1.165) is 54.1 Å². The number of methoxy groups -OCH3 is 2. The maximum atomic E-state index is 6.93. The number of thiophene rings is 2. The first-order valence-electron chi connectivity index (χ1n) is 27.7. The first-order valence-corrected chi connectivity index (χ1v) is 31.0. The summed E-state index contributed by atoms with van der Waals surface area (Å²) >= 11 is 10.9. The third kappa shape index (κ3) is 17.1. The van der Waals surface area contributed by atoms with Gasteiger partial charge in [0.1, 0.15) is 45.5 Å². The number of ether oxygens (including phenoxy) is 10. The number of benzene rings is 1. The minimum atomic E-state index is -0.507. The Morgan fingerprint density at radius 2 is 0.736 bits per heavy atom. The number of hydrogen-bond acceptors (Lipinski definition) is 12. The molecule has 3 aromatic rings. The summed E-state index contributed by atoms with van der Waals surface area (Å²) in [6, 6.07) is 4.08. The Bertz CT molecular complexity index is 1820. The second-order valence-electron chi connectivity index (χ2n) is 20.9. The fourth-order valence-corrected chi connectivity index (χ4v) is 13.1. The van der Waals surface area contributed by atoms with Gasteiger partial charge in [-0.05, 0) is 93.3 Å². The van der Waals surface area contributed by atoms with Gasteiger partial charge in [-0.25, -0.2) is 0 Å². The number of rotatable bonds is 36. The molecule has 10 nitrogen and oxygen atoms in total. The van der Waals surface area contributed by atoms with Crippen molar-refractivity contribution in [3.63, 3.8) is 0 Å². The fraction of sp³-hybridized carbons (Fsp3) is 0.759. The van der Waals surface area contributed by atoms with Crippen LogP contribution >= 0.6 is 54.5 Å². The van der Waals surface area contributed by atoms with Crippen LogP contribution in [0.15, 0.2) is 19.7 Å². The zero-order valence-electron chi connectivity index (χ0n) is 45.9. The van der Waals surface area contributed by atoms with Crippen LogP contribution in [0.1, 0.15) is 158 Å². The van der Waals surface area contributed by atoms with Gasteiger partial charge in [-0.1, -0.05) is 132 Å². The lowest BCUT2D eigenvalue weighted by atomic mass is 9.91. The first-order chi connectivity index (χ1) is 35.0. The predicted molar refractivity (Wildman–Crippen MR) is 305 cm³/mol. The van der Waals surface area contributed by atoms with Crippen molar-refractivity contribution in [2.24, 2.45) is 34.5 Å². The Morgan fingerprint density at radius 1 is 0.458 bits per heavy atom. The molecule has 14 heteroatoms. The highest BCUT2D eigenvalue weighted by molar-refractivity contribution is 9.11. The van der Waals surface area contributed by atoms with Gasteiger partial charge in [-0.2, -0.15) is 0 Å². The summed E-state index contributed by atoms with van der Waals surface area (Å²) in [6.45, 7) is 24.4. The zero-order chi connectivity index (χ0) is 51.9. The number of hydrogen-bond donors (Lipinski definition) is 0. The van der Waals surface area contributed by atoms with E-state index in [0.29, 0.717) is 137 Å². The SMILES string of the molecule is CCCCC(CC)COCC1(COCC(CC)CCCC)COc2c(Br)sc(-c3cc(OC)c(-c4sc(Br)c5c4OCC(COCC(CC)CCCC)(COCC(CC)CCCC)CO5)cc3OC)c2OC1. The topological polar surface area (TPSA) is 92.3 Å². The summed E-state index contributed by atoms with van der Waals surface area (Å²) < 4.78 is 68.0. The van der Waals surface area contributed by atoms with Gasteiger partial charge in [0.2, 0.25) is 0 Å². The molecule has 0 radical (unpaired) electrons. The highest BCUT2D eigenvalue weighted by Crippen LogP contribution is 2.58. The van der Waals surface area contributed by atoms with Crippen LogP contribution in [0.5, 0.6) is 34.5 Å². The minimum absolute atomic E-state index is 0.381. The summed E-state index contributed by atoms with van der Waals surface area (Å²) in [6.07, 6.45) is 18.7. The number of halogens is 2. The van der Waals surface area contributed by atoms with E-state index >= 15 is 0 Å². The van der Waals surface area contributed by atoms with Gasteiger partial charge in [0.05, 0.1) is 61.2 Å². The van der Waals surface area contributed by atoms with Gasteiger partial charge in [0, 0.05) is 37.6 Å². The Labute approximate surface area is 460 Å². The monoisotopic (exact) mass is 1170 g/mol. The molecule has 4 heterocycles. The lowest BCUT2D eigenvalue weighted by Gasteiger charge is -2.32. The zero-order valence-corrected chi connectivity index (χ0v) is 50.7. The molecule has 0 spiro atoms. The molecule has 5 rings (SSSR count). The average Bonchev–Trinajstić information content (AvgIpc) is 3.71. The van der Waals surface area contributed by atoms with Crippen LogP contribution in [0.3, 0.4) is 0 Å². The molecule has 4 atom stereocenters. The van der Waals surface area contributed by atoms with E-state index in [4.69, 9.17) is 47.4 Å². The molecular weight excluding hydrogens is 1080 g/mol. The molecule has 0 saturated heterocycles. The molecule has 0 N–H and O–H groups in total. The van der Waals surface area contributed by atoms with Crippen LogP contribution in [-0.2, 0) is 18.9 Å². The maximum Gasteiger partial charge on any atom is 0.187 e. The molecule has 2 aliphatic heterocycles. The molecule has 2 aliphatic rings. The van der Waals surface area contributed by atoms with E-state index in [2.05, 4.69) is 87.2 Å². The van der Waals surface area contributed by atoms with Crippen molar-refractivity contribution >= 4 is 54.5 Å². The van der Waals surface area contributed by atoms with E-state index < -0.39 is 10.8 Å². The van der Waals surface area contributed by atoms with Crippen LogP contribution in [0.25, 0.3) is 20.9 Å². The van der Waals surface area contributed by atoms with Crippen molar-refractivity contribution < 1.29 is 47.4 Å². The van der Waals surface area contributed by atoms with E-state index in [9.17, 15) is 0 Å². The number of fused-ring (bicyclic) bond motifs is 2. The molecule has 2 aromatic heterocycles. The van der Waals surface area contributed by atoms with Crippen molar-refractivity contribution in [1.82, 2.24) is 0 Å². The maximum absolute atomic E-state index is 6.93. The molecule has 0 fully saturated rings. The molecule has 1 aromatic carbocycles. The van der Waals surface area contributed by atoms with E-state index in [-0.39, 0.29) is 0 Å². The lowest BCUT2D eigenvalue weighted by Crippen LogP contribution is -2.43. The molecule has 0 saturated carbocycles.